The van der Waals surface area contributed by atoms with Gasteiger partial charge in [-0.25, -0.2) is 8.42 Å². The zero-order chi connectivity index (χ0) is 27.0. The van der Waals surface area contributed by atoms with E-state index < -0.39 is 16.1 Å². The maximum atomic E-state index is 13.5. The number of hydrogen-bond donors (Lipinski definition) is 1. The number of nitrogens with one attached hydrogen (secondary N) is 1. The number of rotatable bonds is 12. The van der Waals surface area contributed by atoms with Crippen molar-refractivity contribution in [3.8, 4) is 0 Å². The summed E-state index contributed by atoms with van der Waals surface area (Å²) in [7, 11) is -3.55. The first kappa shape index (κ1) is 29.9. The first-order valence-electron chi connectivity index (χ1n) is 11.9. The van der Waals surface area contributed by atoms with Crippen molar-refractivity contribution < 1.29 is 18.0 Å². The number of carbonyl (C=O) groups excluding carboxylic acids is 2. The van der Waals surface area contributed by atoms with Crippen molar-refractivity contribution in [3.63, 3.8) is 0 Å². The normalized spacial score (nSPS) is 12.3. The highest BCUT2D eigenvalue weighted by Crippen LogP contribution is 2.27. The predicted molar refractivity (Wildman–Crippen MR) is 147 cm³/mol. The lowest BCUT2D eigenvalue weighted by Crippen LogP contribution is -2.50. The molecule has 1 atom stereocenters. The number of aryl methyl sites for hydroxylation is 1. The molecule has 0 saturated carbocycles. The molecule has 0 unspecified atom stereocenters. The smallest absolute Gasteiger partial charge is 0.243 e. The number of carbonyl (C=O) groups is 2. The van der Waals surface area contributed by atoms with Crippen LogP contribution in [0.15, 0.2) is 42.5 Å². The van der Waals surface area contributed by atoms with Gasteiger partial charge in [0.2, 0.25) is 21.8 Å². The summed E-state index contributed by atoms with van der Waals surface area (Å²) in [5, 5.41) is 3.69. The van der Waals surface area contributed by atoms with E-state index in [0.717, 1.165) is 11.8 Å². The Bertz CT molecular complexity index is 1150. The lowest BCUT2D eigenvalue weighted by Gasteiger charge is -2.32. The largest absolute Gasteiger partial charge is 0.352 e. The van der Waals surface area contributed by atoms with Gasteiger partial charge in [-0.05, 0) is 63.4 Å². The van der Waals surface area contributed by atoms with Crippen molar-refractivity contribution in [2.45, 2.75) is 65.6 Å². The van der Waals surface area contributed by atoms with Crippen molar-refractivity contribution in [2.75, 3.05) is 17.1 Å². The number of amides is 2. The molecule has 0 radical (unpaired) electrons. The summed E-state index contributed by atoms with van der Waals surface area (Å²) in [4.78, 5) is 27.9. The van der Waals surface area contributed by atoms with Crippen LogP contribution in [0.2, 0.25) is 10.0 Å². The third-order valence-electron chi connectivity index (χ3n) is 5.65. The molecular weight excluding hydrogens is 521 g/mol. The minimum Gasteiger partial charge on any atom is -0.352 e. The highest BCUT2D eigenvalue weighted by molar-refractivity contribution is 7.92. The van der Waals surface area contributed by atoms with Crippen LogP contribution in [-0.4, -0.2) is 50.0 Å². The minimum absolute atomic E-state index is 0.0470. The monoisotopic (exact) mass is 555 g/mol. The highest BCUT2D eigenvalue weighted by Gasteiger charge is 2.30. The van der Waals surface area contributed by atoms with Gasteiger partial charge >= 0.3 is 0 Å². The molecule has 0 aliphatic carbocycles. The Balaban J connectivity index is 2.28. The van der Waals surface area contributed by atoms with Gasteiger partial charge in [0.25, 0.3) is 0 Å². The Labute approximate surface area is 224 Å². The van der Waals surface area contributed by atoms with Crippen LogP contribution in [0, 0.1) is 6.92 Å². The second kappa shape index (κ2) is 13.3. The second-order valence-corrected chi connectivity index (χ2v) is 11.8. The van der Waals surface area contributed by atoms with E-state index in [0.29, 0.717) is 27.7 Å². The maximum Gasteiger partial charge on any atom is 0.243 e. The van der Waals surface area contributed by atoms with Crippen molar-refractivity contribution in [2.24, 2.45) is 0 Å². The average molecular weight is 557 g/mol. The Hall–Kier alpha value is -2.29. The van der Waals surface area contributed by atoms with Gasteiger partial charge in [0.05, 0.1) is 11.9 Å². The van der Waals surface area contributed by atoms with Crippen molar-refractivity contribution in [1.82, 2.24) is 10.2 Å². The van der Waals surface area contributed by atoms with Crippen LogP contribution in [0.4, 0.5) is 5.69 Å². The number of halogens is 2. The zero-order valence-electron chi connectivity index (χ0n) is 21.4. The molecule has 0 spiro atoms. The molecule has 2 aromatic rings. The van der Waals surface area contributed by atoms with Crippen LogP contribution in [-0.2, 0) is 26.2 Å². The molecule has 7 nitrogen and oxygen atoms in total. The van der Waals surface area contributed by atoms with Gasteiger partial charge in [-0.2, -0.15) is 0 Å². The predicted octanol–water partition coefficient (Wildman–Crippen LogP) is 5.18. The third kappa shape index (κ3) is 8.39. The summed E-state index contributed by atoms with van der Waals surface area (Å²) in [6.45, 7) is 7.62. The average Bonchev–Trinajstić information content (AvgIpc) is 2.77. The SMILES string of the molecule is CC[C@H](C(=O)NC(C)C)N(Cc1c(Cl)cccc1Cl)C(=O)CCCN(c1cccc(C)c1)S(C)(=O)=O. The van der Waals surface area contributed by atoms with Gasteiger partial charge in [-0.1, -0.05) is 48.3 Å². The van der Waals surface area contributed by atoms with Crippen LogP contribution in [0.1, 0.15) is 51.2 Å². The summed E-state index contributed by atoms with van der Waals surface area (Å²) < 4.78 is 26.2. The Morgan fingerprint density at radius 3 is 2.19 bits per heavy atom. The minimum atomic E-state index is -3.55. The van der Waals surface area contributed by atoms with E-state index in [2.05, 4.69) is 5.32 Å². The van der Waals surface area contributed by atoms with Crippen molar-refractivity contribution in [3.05, 3.63) is 63.6 Å². The molecule has 1 N–H and O–H groups in total. The molecular formula is C26H35Cl2N3O4S. The van der Waals surface area contributed by atoms with Gasteiger partial charge in [0.15, 0.2) is 0 Å². The summed E-state index contributed by atoms with van der Waals surface area (Å²) in [6.07, 6.45) is 1.86. The maximum absolute atomic E-state index is 13.5. The molecule has 0 aliphatic rings. The summed E-state index contributed by atoms with van der Waals surface area (Å²) in [5.41, 5.74) is 2.04. The van der Waals surface area contributed by atoms with Gasteiger partial charge in [0, 0.05) is 41.2 Å². The molecule has 0 aliphatic heterocycles. The van der Waals surface area contributed by atoms with E-state index in [9.17, 15) is 18.0 Å². The number of hydrogen-bond acceptors (Lipinski definition) is 4. The zero-order valence-corrected chi connectivity index (χ0v) is 23.8. The number of benzene rings is 2. The Morgan fingerprint density at radius 2 is 1.67 bits per heavy atom. The van der Waals surface area contributed by atoms with Crippen LogP contribution >= 0.6 is 23.2 Å². The standard InChI is InChI=1S/C26H35Cl2N3O4S/c1-6-24(26(33)29-18(2)3)30(17-21-22(27)12-8-13-23(21)28)25(32)14-9-15-31(36(5,34)35)20-11-7-10-19(4)16-20/h7-8,10-13,16,18,24H,6,9,14-15,17H2,1-5H3,(H,29,33)/t24-/m1/s1. The van der Waals surface area contributed by atoms with Crippen LogP contribution < -0.4 is 9.62 Å². The van der Waals surface area contributed by atoms with E-state index in [1.54, 1.807) is 36.4 Å². The van der Waals surface area contributed by atoms with Crippen LogP contribution in [0.3, 0.4) is 0 Å². The topological polar surface area (TPSA) is 86.8 Å². The van der Waals surface area contributed by atoms with E-state index >= 15 is 0 Å². The first-order valence-corrected chi connectivity index (χ1v) is 14.5. The molecule has 0 aromatic heterocycles. The lowest BCUT2D eigenvalue weighted by atomic mass is 10.1. The highest BCUT2D eigenvalue weighted by atomic mass is 35.5. The van der Waals surface area contributed by atoms with Gasteiger partial charge < -0.3 is 10.2 Å². The fraction of sp³-hybridized carbons (Fsp3) is 0.462. The molecule has 0 heterocycles. The molecule has 2 rings (SSSR count). The van der Waals surface area contributed by atoms with E-state index in [4.69, 9.17) is 23.2 Å². The quantitative estimate of drug-likeness (QED) is 0.391. The lowest BCUT2D eigenvalue weighted by molar-refractivity contribution is -0.141. The molecule has 10 heteroatoms. The second-order valence-electron chi connectivity index (χ2n) is 9.09. The molecule has 36 heavy (non-hydrogen) atoms. The first-order chi connectivity index (χ1) is 16.8. The Kier molecular flexibility index (Phi) is 11.1. The van der Waals surface area contributed by atoms with Crippen molar-refractivity contribution >= 4 is 50.7 Å². The van der Waals surface area contributed by atoms with E-state index in [1.807, 2.05) is 33.8 Å². The van der Waals surface area contributed by atoms with Crippen LogP contribution in [0.5, 0.6) is 0 Å². The number of anilines is 1. The van der Waals surface area contributed by atoms with Gasteiger partial charge in [-0.15, -0.1) is 0 Å². The molecule has 198 valence electrons. The molecule has 0 fully saturated rings. The molecule has 0 saturated heterocycles. The fourth-order valence-corrected chi connectivity index (χ4v) is 5.42. The van der Waals surface area contributed by atoms with Crippen molar-refractivity contribution in [1.29, 1.82) is 0 Å². The Morgan fingerprint density at radius 1 is 1.06 bits per heavy atom. The number of sulfonamides is 1. The van der Waals surface area contributed by atoms with Gasteiger partial charge in [-0.3, -0.25) is 13.9 Å². The van der Waals surface area contributed by atoms with E-state index in [1.165, 1.54) is 9.21 Å². The number of nitrogens with zero attached hydrogens (tertiary/aromatic N) is 2. The molecule has 2 aromatic carbocycles. The molecule has 2 amide bonds. The van der Waals surface area contributed by atoms with Crippen LogP contribution in [0.25, 0.3) is 0 Å². The molecule has 0 bridgehead atoms. The summed E-state index contributed by atoms with van der Waals surface area (Å²) in [6, 6.07) is 11.5. The van der Waals surface area contributed by atoms with Gasteiger partial charge in [0.1, 0.15) is 6.04 Å². The summed E-state index contributed by atoms with van der Waals surface area (Å²) in [5.74, 6) is -0.545. The van der Waals surface area contributed by atoms with E-state index in [-0.39, 0.29) is 43.8 Å². The summed E-state index contributed by atoms with van der Waals surface area (Å²) >= 11 is 12.7. The fourth-order valence-electron chi connectivity index (χ4n) is 3.94. The third-order valence-corrected chi connectivity index (χ3v) is 7.55.